The van der Waals surface area contributed by atoms with Crippen LogP contribution in [0.2, 0.25) is 0 Å². The molecule has 1 aromatic heterocycles. The first kappa shape index (κ1) is 10.9. The number of nitrogens with one attached hydrogen (secondary N) is 1. The van der Waals surface area contributed by atoms with E-state index in [9.17, 15) is 0 Å². The molecule has 4 heteroatoms. The van der Waals surface area contributed by atoms with Crippen LogP contribution in [0.4, 0.5) is 11.8 Å². The molecule has 0 saturated carbocycles. The van der Waals surface area contributed by atoms with Crippen LogP contribution in [0.3, 0.4) is 0 Å². The van der Waals surface area contributed by atoms with Gasteiger partial charge in [0, 0.05) is 25.2 Å². The number of aryl methyl sites for hydroxylation is 1. The molecule has 1 aliphatic rings. The molecule has 0 atom stereocenters. The van der Waals surface area contributed by atoms with Crippen LogP contribution in [0.15, 0.2) is 6.08 Å². The van der Waals surface area contributed by atoms with Crippen molar-refractivity contribution in [2.45, 2.75) is 20.8 Å². The highest BCUT2D eigenvalue weighted by atomic mass is 15.2. The van der Waals surface area contributed by atoms with Gasteiger partial charge in [-0.15, -0.1) is 0 Å². The number of aromatic nitrogens is 2. The number of hydrogen-bond donors (Lipinski definition) is 1. The lowest BCUT2D eigenvalue weighted by Crippen LogP contribution is -2.27. The second kappa shape index (κ2) is 4.51. The molecule has 1 aromatic rings. The maximum absolute atomic E-state index is 4.57. The zero-order valence-electron chi connectivity index (χ0n) is 10.1. The van der Waals surface area contributed by atoms with Gasteiger partial charge in [0.1, 0.15) is 5.82 Å². The van der Waals surface area contributed by atoms with Crippen LogP contribution in [0.5, 0.6) is 0 Å². The van der Waals surface area contributed by atoms with Crippen molar-refractivity contribution in [3.05, 3.63) is 17.3 Å². The van der Waals surface area contributed by atoms with Gasteiger partial charge < -0.3 is 10.2 Å². The maximum Gasteiger partial charge on any atom is 0.224 e. The Balaban J connectivity index is 2.46. The highest BCUT2D eigenvalue weighted by Crippen LogP contribution is 2.26. The molecule has 0 spiro atoms. The first-order chi connectivity index (χ1) is 7.76. The summed E-state index contributed by atoms with van der Waals surface area (Å²) in [5, 5.41) is 3.17. The summed E-state index contributed by atoms with van der Waals surface area (Å²) in [5.74, 6) is 1.78. The number of rotatable bonds is 3. The Morgan fingerprint density at radius 1 is 1.38 bits per heavy atom. The van der Waals surface area contributed by atoms with Gasteiger partial charge in [-0.25, -0.2) is 4.98 Å². The van der Waals surface area contributed by atoms with Crippen molar-refractivity contribution >= 4 is 17.8 Å². The fourth-order valence-corrected chi connectivity index (χ4v) is 1.90. The average molecular weight is 218 g/mol. The van der Waals surface area contributed by atoms with Crippen molar-refractivity contribution in [3.63, 3.8) is 0 Å². The Bertz CT molecular complexity index is 412. The molecule has 0 aliphatic carbocycles. The molecule has 4 nitrogen and oxygen atoms in total. The van der Waals surface area contributed by atoms with Crippen molar-refractivity contribution in [2.75, 3.05) is 29.9 Å². The van der Waals surface area contributed by atoms with Gasteiger partial charge in [0.05, 0.1) is 5.69 Å². The molecule has 0 bridgehead atoms. The number of hydrogen-bond acceptors (Lipinski definition) is 4. The minimum Gasteiger partial charge on any atom is -0.354 e. The van der Waals surface area contributed by atoms with E-state index in [1.165, 1.54) is 0 Å². The zero-order chi connectivity index (χ0) is 11.5. The lowest BCUT2D eigenvalue weighted by molar-refractivity contribution is 0.861. The lowest BCUT2D eigenvalue weighted by atomic mass is 10.1. The van der Waals surface area contributed by atoms with E-state index in [4.69, 9.17) is 0 Å². The van der Waals surface area contributed by atoms with Crippen LogP contribution in [0.1, 0.15) is 25.1 Å². The SMILES string of the molecule is CCNc1nc(C)c2c(n1)N(CC)CC=C2. The molecule has 0 unspecified atom stereocenters. The average Bonchev–Trinajstić information content (AvgIpc) is 2.29. The first-order valence-corrected chi connectivity index (χ1v) is 5.80. The number of fused-ring (bicyclic) bond motifs is 1. The van der Waals surface area contributed by atoms with Crippen molar-refractivity contribution in [2.24, 2.45) is 0 Å². The van der Waals surface area contributed by atoms with Crippen LogP contribution < -0.4 is 10.2 Å². The molecule has 1 N–H and O–H groups in total. The number of likely N-dealkylation sites (N-methyl/N-ethyl adjacent to an activating group) is 1. The molecule has 86 valence electrons. The van der Waals surface area contributed by atoms with Crippen LogP contribution in [-0.2, 0) is 0 Å². The maximum atomic E-state index is 4.57. The van der Waals surface area contributed by atoms with Crippen molar-refractivity contribution in [3.8, 4) is 0 Å². The Kier molecular flexibility index (Phi) is 3.08. The standard InChI is InChI=1S/C12H18N4/c1-4-13-12-14-9(3)10-7-6-8-16(5-2)11(10)15-12/h6-7H,4-5,8H2,1-3H3,(H,13,14,15). The summed E-state index contributed by atoms with van der Waals surface area (Å²) in [4.78, 5) is 11.3. The van der Waals surface area contributed by atoms with E-state index in [0.29, 0.717) is 0 Å². The van der Waals surface area contributed by atoms with Gasteiger partial charge in [-0.3, -0.25) is 0 Å². The summed E-state index contributed by atoms with van der Waals surface area (Å²) < 4.78 is 0. The van der Waals surface area contributed by atoms with E-state index in [1.807, 2.05) is 6.92 Å². The summed E-state index contributed by atoms with van der Waals surface area (Å²) in [6.45, 7) is 8.98. The summed E-state index contributed by atoms with van der Waals surface area (Å²) in [6.07, 6.45) is 4.28. The minimum absolute atomic E-state index is 0.729. The second-order valence-corrected chi connectivity index (χ2v) is 3.84. The summed E-state index contributed by atoms with van der Waals surface area (Å²) in [5.41, 5.74) is 2.19. The number of nitrogens with zero attached hydrogens (tertiary/aromatic N) is 3. The van der Waals surface area contributed by atoms with E-state index < -0.39 is 0 Å². The van der Waals surface area contributed by atoms with Crippen LogP contribution in [-0.4, -0.2) is 29.6 Å². The van der Waals surface area contributed by atoms with Crippen LogP contribution >= 0.6 is 0 Å². The molecular weight excluding hydrogens is 200 g/mol. The predicted octanol–water partition coefficient (Wildman–Crippen LogP) is 2.07. The van der Waals surface area contributed by atoms with Gasteiger partial charge in [0.15, 0.2) is 0 Å². The van der Waals surface area contributed by atoms with Crippen LogP contribution in [0, 0.1) is 6.92 Å². The van der Waals surface area contributed by atoms with Gasteiger partial charge in [0.25, 0.3) is 0 Å². The van der Waals surface area contributed by atoms with E-state index in [0.717, 1.165) is 42.7 Å². The molecule has 0 radical (unpaired) electrons. The largest absolute Gasteiger partial charge is 0.354 e. The summed E-state index contributed by atoms with van der Waals surface area (Å²) in [6, 6.07) is 0. The van der Waals surface area contributed by atoms with Gasteiger partial charge in [-0.05, 0) is 20.8 Å². The van der Waals surface area contributed by atoms with Gasteiger partial charge in [-0.1, -0.05) is 12.2 Å². The van der Waals surface area contributed by atoms with E-state index in [2.05, 4.69) is 46.2 Å². The van der Waals surface area contributed by atoms with Crippen molar-refractivity contribution in [1.82, 2.24) is 9.97 Å². The Morgan fingerprint density at radius 3 is 2.88 bits per heavy atom. The predicted molar refractivity (Wildman–Crippen MR) is 67.9 cm³/mol. The Morgan fingerprint density at radius 2 is 2.19 bits per heavy atom. The van der Waals surface area contributed by atoms with Gasteiger partial charge in [0.2, 0.25) is 5.95 Å². The molecule has 0 saturated heterocycles. The zero-order valence-corrected chi connectivity index (χ0v) is 10.1. The first-order valence-electron chi connectivity index (χ1n) is 5.80. The lowest BCUT2D eigenvalue weighted by Gasteiger charge is -2.26. The third kappa shape index (κ3) is 1.87. The van der Waals surface area contributed by atoms with Gasteiger partial charge >= 0.3 is 0 Å². The topological polar surface area (TPSA) is 41.1 Å². The van der Waals surface area contributed by atoms with E-state index in [1.54, 1.807) is 0 Å². The monoisotopic (exact) mass is 218 g/mol. The molecule has 0 aromatic carbocycles. The Hall–Kier alpha value is -1.58. The second-order valence-electron chi connectivity index (χ2n) is 3.84. The van der Waals surface area contributed by atoms with E-state index in [-0.39, 0.29) is 0 Å². The fraction of sp³-hybridized carbons (Fsp3) is 0.500. The molecular formula is C12H18N4. The summed E-state index contributed by atoms with van der Waals surface area (Å²) in [7, 11) is 0. The fourth-order valence-electron chi connectivity index (χ4n) is 1.90. The molecule has 1 aliphatic heterocycles. The Labute approximate surface area is 96.4 Å². The van der Waals surface area contributed by atoms with Crippen molar-refractivity contribution in [1.29, 1.82) is 0 Å². The highest BCUT2D eigenvalue weighted by Gasteiger charge is 2.16. The quantitative estimate of drug-likeness (QED) is 0.843. The normalized spacial score (nSPS) is 13.8. The molecule has 2 heterocycles. The summed E-state index contributed by atoms with van der Waals surface area (Å²) >= 11 is 0. The van der Waals surface area contributed by atoms with Crippen LogP contribution in [0.25, 0.3) is 6.08 Å². The van der Waals surface area contributed by atoms with E-state index >= 15 is 0 Å². The smallest absolute Gasteiger partial charge is 0.224 e. The molecule has 0 fully saturated rings. The third-order valence-corrected chi connectivity index (χ3v) is 2.74. The third-order valence-electron chi connectivity index (χ3n) is 2.74. The molecule has 2 rings (SSSR count). The van der Waals surface area contributed by atoms with Gasteiger partial charge in [-0.2, -0.15) is 4.98 Å². The molecule has 16 heavy (non-hydrogen) atoms. The van der Waals surface area contributed by atoms with Crippen molar-refractivity contribution < 1.29 is 0 Å². The molecule has 0 amide bonds. The highest BCUT2D eigenvalue weighted by molar-refractivity contribution is 5.70. The minimum atomic E-state index is 0.729. The number of anilines is 2.